The quantitative estimate of drug-likeness (QED) is 0.858. The first-order valence-electron chi connectivity index (χ1n) is 7.75. The van der Waals surface area contributed by atoms with Crippen LogP contribution in [0, 0.1) is 0 Å². The predicted molar refractivity (Wildman–Crippen MR) is 85.6 cm³/mol. The summed E-state index contributed by atoms with van der Waals surface area (Å²) in [6.07, 6.45) is 3.77. The van der Waals surface area contributed by atoms with E-state index >= 15 is 0 Å². The minimum absolute atomic E-state index is 0.0334. The van der Waals surface area contributed by atoms with Crippen LogP contribution in [0.3, 0.4) is 0 Å². The number of furan rings is 1. The van der Waals surface area contributed by atoms with Crippen molar-refractivity contribution in [2.24, 2.45) is 5.10 Å². The number of hydrogen-bond donors (Lipinski definition) is 0. The molecule has 2 heterocycles. The molecule has 0 fully saturated rings. The Hall–Kier alpha value is -2.36. The number of hydrogen-bond acceptors (Lipinski definition) is 3. The Bertz CT molecular complexity index is 672. The van der Waals surface area contributed by atoms with Crippen molar-refractivity contribution >= 4 is 11.6 Å². The lowest BCUT2D eigenvalue weighted by Gasteiger charge is -2.21. The molecule has 0 saturated carbocycles. The monoisotopic (exact) mass is 296 g/mol. The molecule has 3 rings (SSSR count). The Balaban J connectivity index is 1.91. The molecular weight excluding hydrogens is 276 g/mol. The average Bonchev–Trinajstić information content (AvgIpc) is 3.23. The molecule has 1 atom stereocenters. The Morgan fingerprint density at radius 3 is 2.64 bits per heavy atom. The van der Waals surface area contributed by atoms with Gasteiger partial charge >= 0.3 is 0 Å². The fourth-order valence-corrected chi connectivity index (χ4v) is 2.73. The first-order chi connectivity index (χ1) is 10.7. The van der Waals surface area contributed by atoms with Gasteiger partial charge in [0.15, 0.2) is 0 Å². The van der Waals surface area contributed by atoms with Crippen LogP contribution in [0.1, 0.15) is 49.6 Å². The summed E-state index contributed by atoms with van der Waals surface area (Å²) in [6, 6.07) is 12.1. The Kier molecular flexibility index (Phi) is 4.09. The smallest absolute Gasteiger partial charge is 0.242 e. The molecule has 22 heavy (non-hydrogen) atoms. The van der Waals surface area contributed by atoms with Gasteiger partial charge in [0.1, 0.15) is 11.5 Å². The van der Waals surface area contributed by atoms with Crippen LogP contribution < -0.4 is 0 Å². The number of benzene rings is 1. The molecule has 1 aromatic carbocycles. The summed E-state index contributed by atoms with van der Waals surface area (Å²) in [5.41, 5.74) is 3.24. The van der Waals surface area contributed by atoms with Gasteiger partial charge in [-0.25, -0.2) is 5.01 Å². The lowest BCUT2D eigenvalue weighted by molar-refractivity contribution is -0.132. The van der Waals surface area contributed by atoms with Crippen molar-refractivity contribution in [1.29, 1.82) is 0 Å². The van der Waals surface area contributed by atoms with Crippen LogP contribution in [0.15, 0.2) is 52.2 Å². The van der Waals surface area contributed by atoms with E-state index in [2.05, 4.69) is 36.3 Å². The highest BCUT2D eigenvalue weighted by molar-refractivity contribution is 6.01. The SMILES string of the molecule is CCC(=O)N1N=C(c2ccco2)CC1c1ccc(CC)cc1. The molecule has 0 radical (unpaired) electrons. The Morgan fingerprint density at radius 2 is 2.05 bits per heavy atom. The summed E-state index contributed by atoms with van der Waals surface area (Å²) in [4.78, 5) is 12.2. The van der Waals surface area contributed by atoms with Crippen LogP contribution in [-0.2, 0) is 11.2 Å². The highest BCUT2D eigenvalue weighted by Crippen LogP contribution is 2.33. The van der Waals surface area contributed by atoms with E-state index in [9.17, 15) is 4.79 Å². The zero-order valence-electron chi connectivity index (χ0n) is 13.0. The summed E-state index contributed by atoms with van der Waals surface area (Å²) >= 11 is 0. The van der Waals surface area contributed by atoms with Crippen molar-refractivity contribution in [3.8, 4) is 0 Å². The van der Waals surface area contributed by atoms with Gasteiger partial charge in [-0.3, -0.25) is 4.79 Å². The maximum absolute atomic E-state index is 12.2. The first kappa shape index (κ1) is 14.6. The number of amides is 1. The fourth-order valence-electron chi connectivity index (χ4n) is 2.73. The van der Waals surface area contributed by atoms with Gasteiger partial charge in [0.25, 0.3) is 0 Å². The van der Waals surface area contributed by atoms with Crippen molar-refractivity contribution in [2.45, 2.75) is 39.2 Å². The van der Waals surface area contributed by atoms with Crippen molar-refractivity contribution in [3.63, 3.8) is 0 Å². The van der Waals surface area contributed by atoms with Crippen molar-refractivity contribution < 1.29 is 9.21 Å². The number of carbonyl (C=O) groups excluding carboxylic acids is 1. The number of rotatable bonds is 4. The van der Waals surface area contributed by atoms with Gasteiger partial charge in [-0.05, 0) is 29.7 Å². The van der Waals surface area contributed by atoms with E-state index in [-0.39, 0.29) is 11.9 Å². The predicted octanol–water partition coefficient (Wildman–Crippen LogP) is 3.93. The minimum Gasteiger partial charge on any atom is -0.463 e. The van der Waals surface area contributed by atoms with E-state index in [1.165, 1.54) is 5.56 Å². The van der Waals surface area contributed by atoms with Gasteiger partial charge in [0.2, 0.25) is 5.91 Å². The molecule has 0 aliphatic carbocycles. The molecular formula is C18H20N2O2. The topological polar surface area (TPSA) is 45.8 Å². The number of nitrogens with zero attached hydrogens (tertiary/aromatic N) is 2. The highest BCUT2D eigenvalue weighted by atomic mass is 16.3. The van der Waals surface area contributed by atoms with Gasteiger partial charge in [-0.15, -0.1) is 0 Å². The maximum atomic E-state index is 12.2. The molecule has 1 amide bonds. The van der Waals surface area contributed by atoms with Crippen molar-refractivity contribution in [3.05, 3.63) is 59.5 Å². The second kappa shape index (κ2) is 6.18. The largest absolute Gasteiger partial charge is 0.463 e. The van der Waals surface area contributed by atoms with Crippen molar-refractivity contribution in [1.82, 2.24) is 5.01 Å². The number of aryl methyl sites for hydroxylation is 1. The molecule has 0 spiro atoms. The van der Waals surface area contributed by atoms with E-state index in [0.717, 1.165) is 23.5 Å². The lowest BCUT2D eigenvalue weighted by atomic mass is 9.99. The van der Waals surface area contributed by atoms with Gasteiger partial charge in [-0.1, -0.05) is 38.1 Å². The zero-order chi connectivity index (χ0) is 15.5. The standard InChI is InChI=1S/C18H20N2O2/c1-3-13-7-9-14(10-8-13)16-12-15(17-6-5-11-22-17)19-20(16)18(21)4-2/h5-11,16H,3-4,12H2,1-2H3. The van der Waals surface area contributed by atoms with Crippen LogP contribution in [0.2, 0.25) is 0 Å². The van der Waals surface area contributed by atoms with Crippen LogP contribution in [0.4, 0.5) is 0 Å². The van der Waals surface area contributed by atoms with Crippen molar-refractivity contribution in [2.75, 3.05) is 0 Å². The third kappa shape index (κ3) is 2.69. The molecule has 4 heteroatoms. The minimum atomic E-state index is -0.0431. The second-order valence-corrected chi connectivity index (χ2v) is 5.43. The van der Waals surface area contributed by atoms with Crippen LogP contribution in [0.5, 0.6) is 0 Å². The van der Waals surface area contributed by atoms with E-state index in [4.69, 9.17) is 4.42 Å². The van der Waals surface area contributed by atoms with Gasteiger partial charge in [-0.2, -0.15) is 5.10 Å². The summed E-state index contributed by atoms with van der Waals surface area (Å²) in [6.45, 7) is 4.00. The van der Waals surface area contributed by atoms with Gasteiger partial charge in [0, 0.05) is 12.8 Å². The highest BCUT2D eigenvalue weighted by Gasteiger charge is 2.33. The summed E-state index contributed by atoms with van der Waals surface area (Å²) in [5.74, 6) is 0.771. The van der Waals surface area contributed by atoms with Crippen LogP contribution >= 0.6 is 0 Å². The van der Waals surface area contributed by atoms with Crippen LogP contribution in [-0.4, -0.2) is 16.6 Å². The molecule has 4 nitrogen and oxygen atoms in total. The van der Waals surface area contributed by atoms with E-state index < -0.39 is 0 Å². The van der Waals surface area contributed by atoms with E-state index in [0.29, 0.717) is 12.8 Å². The first-order valence-corrected chi connectivity index (χ1v) is 7.75. The molecule has 0 saturated heterocycles. The number of carbonyl (C=O) groups is 1. The molecule has 2 aromatic rings. The molecule has 1 aliphatic heterocycles. The third-order valence-electron chi connectivity index (χ3n) is 4.05. The van der Waals surface area contributed by atoms with Gasteiger partial charge < -0.3 is 4.42 Å². The molecule has 0 bridgehead atoms. The van der Waals surface area contributed by atoms with E-state index in [1.54, 1.807) is 11.3 Å². The Morgan fingerprint density at radius 1 is 1.27 bits per heavy atom. The van der Waals surface area contributed by atoms with Gasteiger partial charge in [0.05, 0.1) is 12.3 Å². The molecule has 114 valence electrons. The zero-order valence-corrected chi connectivity index (χ0v) is 13.0. The summed E-state index contributed by atoms with van der Waals surface area (Å²) in [7, 11) is 0. The summed E-state index contributed by atoms with van der Waals surface area (Å²) in [5, 5.41) is 6.12. The number of hydrazone groups is 1. The maximum Gasteiger partial charge on any atom is 0.242 e. The summed E-state index contributed by atoms with van der Waals surface area (Å²) < 4.78 is 5.43. The third-order valence-corrected chi connectivity index (χ3v) is 4.05. The molecule has 0 N–H and O–H groups in total. The molecule has 1 aromatic heterocycles. The second-order valence-electron chi connectivity index (χ2n) is 5.43. The Labute approximate surface area is 130 Å². The van der Waals surface area contributed by atoms with Crippen LogP contribution in [0.25, 0.3) is 0 Å². The normalized spacial score (nSPS) is 17.6. The lowest BCUT2D eigenvalue weighted by Crippen LogP contribution is -2.26. The molecule has 1 unspecified atom stereocenters. The average molecular weight is 296 g/mol. The fraction of sp³-hybridized carbons (Fsp3) is 0.333. The molecule has 1 aliphatic rings. The van der Waals surface area contributed by atoms with E-state index in [1.807, 2.05) is 19.1 Å².